The molecular weight excluding hydrogens is 385 g/mol. The van der Waals surface area contributed by atoms with Crippen molar-refractivity contribution in [2.45, 2.75) is 32.7 Å². The Hall–Kier alpha value is -2.15. The number of carbonyl (C=O) groups excluding carboxylic acids is 1. The summed E-state index contributed by atoms with van der Waals surface area (Å²) in [5.74, 6) is 0.261. The average Bonchev–Trinajstić information content (AvgIpc) is 3.02. The van der Waals surface area contributed by atoms with Gasteiger partial charge in [0, 0.05) is 25.0 Å². The molecule has 0 bridgehead atoms. The minimum Gasteiger partial charge on any atom is -0.350 e. The molecule has 6 nitrogen and oxygen atoms in total. The molecule has 3 aromatic rings. The number of hydrogen-bond acceptors (Lipinski definition) is 4. The number of hydrogen-bond donors (Lipinski definition) is 2. The van der Waals surface area contributed by atoms with Crippen LogP contribution in [0.5, 0.6) is 0 Å². The van der Waals surface area contributed by atoms with Gasteiger partial charge in [0.25, 0.3) is 5.91 Å². The van der Waals surface area contributed by atoms with E-state index in [1.165, 1.54) is 11.8 Å². The minimum absolute atomic E-state index is 0. The molecule has 8 heteroatoms. The van der Waals surface area contributed by atoms with Crippen molar-refractivity contribution in [3.8, 4) is 0 Å². The summed E-state index contributed by atoms with van der Waals surface area (Å²) in [6, 6.07) is 7.94. The molecule has 0 aliphatic carbocycles. The molecule has 0 aliphatic heterocycles. The van der Waals surface area contributed by atoms with Crippen molar-refractivity contribution >= 4 is 36.4 Å². The molecule has 0 spiro atoms. The summed E-state index contributed by atoms with van der Waals surface area (Å²) in [6.07, 6.45) is 5.08. The number of nitrogens with two attached hydrogens (primary N) is 1. The highest BCUT2D eigenvalue weighted by Gasteiger charge is 2.15. The second-order valence-corrected chi connectivity index (χ2v) is 6.60. The van der Waals surface area contributed by atoms with E-state index in [9.17, 15) is 4.79 Å². The zero-order valence-corrected chi connectivity index (χ0v) is 17.2. The van der Waals surface area contributed by atoms with Crippen LogP contribution in [-0.4, -0.2) is 27.0 Å². The first-order chi connectivity index (χ1) is 12.0. The van der Waals surface area contributed by atoms with Gasteiger partial charge in [-0.25, -0.2) is 9.50 Å². The third-order valence-corrected chi connectivity index (χ3v) is 4.24. The fourth-order valence-electron chi connectivity index (χ4n) is 2.67. The summed E-state index contributed by atoms with van der Waals surface area (Å²) in [7, 11) is 0. The van der Waals surface area contributed by atoms with Crippen molar-refractivity contribution in [1.29, 1.82) is 0 Å². The van der Waals surface area contributed by atoms with Crippen LogP contribution in [0.15, 0.2) is 42.9 Å². The summed E-state index contributed by atoms with van der Waals surface area (Å²) in [5.41, 5.74) is 10.4. The van der Waals surface area contributed by atoms with E-state index in [-0.39, 0.29) is 36.8 Å². The predicted molar refractivity (Wildman–Crippen MR) is 112 cm³/mol. The Labute approximate surface area is 171 Å². The number of aryl methyl sites for hydroxylation is 1. The van der Waals surface area contributed by atoms with E-state index in [0.29, 0.717) is 23.7 Å². The van der Waals surface area contributed by atoms with Crippen LogP contribution in [-0.2, 0) is 0 Å². The molecule has 0 radical (unpaired) electrons. The molecule has 2 heterocycles. The first kappa shape index (κ1) is 22.9. The molecule has 1 atom stereocenters. The lowest BCUT2D eigenvalue weighted by Crippen LogP contribution is -2.31. The maximum absolute atomic E-state index is 12.4. The maximum Gasteiger partial charge on any atom is 0.256 e. The van der Waals surface area contributed by atoms with Gasteiger partial charge in [0.15, 0.2) is 5.65 Å². The number of nitrogens with one attached hydrogen (secondary N) is 1. The van der Waals surface area contributed by atoms with Crippen LogP contribution in [0.3, 0.4) is 0 Å². The van der Waals surface area contributed by atoms with E-state index >= 15 is 0 Å². The molecule has 27 heavy (non-hydrogen) atoms. The van der Waals surface area contributed by atoms with E-state index in [0.717, 1.165) is 11.1 Å². The highest BCUT2D eigenvalue weighted by atomic mass is 35.5. The smallest absolute Gasteiger partial charge is 0.256 e. The summed E-state index contributed by atoms with van der Waals surface area (Å²) in [5, 5.41) is 7.04. The van der Waals surface area contributed by atoms with Gasteiger partial charge in [-0.2, -0.15) is 5.10 Å². The Morgan fingerprint density at radius 2 is 1.78 bits per heavy atom. The Morgan fingerprint density at radius 3 is 2.41 bits per heavy atom. The maximum atomic E-state index is 12.4. The number of carbonyl (C=O) groups is 1. The first-order valence-electron chi connectivity index (χ1n) is 8.39. The molecule has 1 unspecified atom stereocenters. The van der Waals surface area contributed by atoms with Gasteiger partial charge in [0.2, 0.25) is 0 Å². The molecule has 0 saturated heterocycles. The van der Waals surface area contributed by atoms with Crippen molar-refractivity contribution in [3.05, 3.63) is 65.1 Å². The lowest BCUT2D eigenvalue weighted by Gasteiger charge is -2.14. The third kappa shape index (κ3) is 5.19. The monoisotopic (exact) mass is 409 g/mol. The standard InChI is InChI=1S/C19H23N5O.2ClH/c1-12(2)14-4-6-15(7-5-14)17(20)10-22-19(25)16-9-23-24-11-13(3)8-21-18(16)24;;/h4-9,11-12,17H,10,20H2,1-3H3,(H,22,25);2*1H. The Bertz CT molecular complexity index is 893. The highest BCUT2D eigenvalue weighted by molar-refractivity contribution is 5.99. The lowest BCUT2D eigenvalue weighted by molar-refractivity contribution is 0.0952. The number of rotatable bonds is 5. The number of aromatic nitrogens is 3. The van der Waals surface area contributed by atoms with Crippen LogP contribution in [0, 0.1) is 6.92 Å². The predicted octanol–water partition coefficient (Wildman–Crippen LogP) is 3.43. The van der Waals surface area contributed by atoms with Crippen molar-refractivity contribution < 1.29 is 4.79 Å². The van der Waals surface area contributed by atoms with Crippen LogP contribution in [0.4, 0.5) is 0 Å². The Morgan fingerprint density at radius 1 is 1.15 bits per heavy atom. The normalized spacial score (nSPS) is 11.6. The highest BCUT2D eigenvalue weighted by Crippen LogP contribution is 2.17. The van der Waals surface area contributed by atoms with Gasteiger partial charge in [-0.1, -0.05) is 38.1 Å². The summed E-state index contributed by atoms with van der Waals surface area (Å²) in [4.78, 5) is 16.7. The van der Waals surface area contributed by atoms with Gasteiger partial charge in [-0.3, -0.25) is 4.79 Å². The number of nitrogens with zero attached hydrogens (tertiary/aromatic N) is 3. The first-order valence-corrected chi connectivity index (χ1v) is 8.39. The molecule has 0 aliphatic rings. The SMILES string of the molecule is Cc1cnc2c(C(=O)NCC(N)c3ccc(C(C)C)cc3)cnn2c1.Cl.Cl. The Balaban J connectivity index is 0.00000182. The summed E-state index contributed by atoms with van der Waals surface area (Å²) < 4.78 is 1.61. The molecule has 0 saturated carbocycles. The molecule has 0 fully saturated rings. The molecular formula is C19H25Cl2N5O. The second-order valence-electron chi connectivity index (χ2n) is 6.60. The summed E-state index contributed by atoms with van der Waals surface area (Å²) in [6.45, 7) is 6.59. The molecule has 1 aromatic carbocycles. The number of halogens is 2. The van der Waals surface area contributed by atoms with Gasteiger partial charge >= 0.3 is 0 Å². The van der Waals surface area contributed by atoms with Crippen LogP contribution in [0.1, 0.15) is 52.9 Å². The van der Waals surface area contributed by atoms with Crippen LogP contribution in [0.25, 0.3) is 5.65 Å². The van der Waals surface area contributed by atoms with Crippen molar-refractivity contribution in [3.63, 3.8) is 0 Å². The third-order valence-electron chi connectivity index (χ3n) is 4.24. The quantitative estimate of drug-likeness (QED) is 0.675. The fourth-order valence-corrected chi connectivity index (χ4v) is 2.67. The zero-order chi connectivity index (χ0) is 18.0. The van der Waals surface area contributed by atoms with Gasteiger partial charge in [0.05, 0.1) is 6.20 Å². The number of amides is 1. The molecule has 3 N–H and O–H groups in total. The molecule has 2 aromatic heterocycles. The van der Waals surface area contributed by atoms with E-state index in [4.69, 9.17) is 5.73 Å². The minimum atomic E-state index is -0.262. The Kier molecular flexibility index (Phi) is 8.21. The molecule has 146 valence electrons. The van der Waals surface area contributed by atoms with Crippen LogP contribution >= 0.6 is 24.8 Å². The average molecular weight is 410 g/mol. The molecule has 3 rings (SSSR count). The summed E-state index contributed by atoms with van der Waals surface area (Å²) >= 11 is 0. The van der Waals surface area contributed by atoms with Gasteiger partial charge in [-0.15, -0.1) is 24.8 Å². The van der Waals surface area contributed by atoms with Gasteiger partial charge in [-0.05, 0) is 29.5 Å². The van der Waals surface area contributed by atoms with Crippen LogP contribution in [0.2, 0.25) is 0 Å². The fraction of sp³-hybridized carbons (Fsp3) is 0.316. The topological polar surface area (TPSA) is 85.3 Å². The van der Waals surface area contributed by atoms with Crippen molar-refractivity contribution in [2.75, 3.05) is 6.54 Å². The van der Waals surface area contributed by atoms with Crippen molar-refractivity contribution in [2.24, 2.45) is 5.73 Å². The van der Waals surface area contributed by atoms with E-state index in [2.05, 4.69) is 41.4 Å². The largest absolute Gasteiger partial charge is 0.350 e. The number of benzene rings is 1. The van der Waals surface area contributed by atoms with Gasteiger partial charge in [0.1, 0.15) is 5.56 Å². The van der Waals surface area contributed by atoms with E-state index in [1.807, 2.05) is 25.3 Å². The second kappa shape index (κ2) is 9.69. The number of fused-ring (bicyclic) bond motifs is 1. The zero-order valence-electron chi connectivity index (χ0n) is 15.5. The van der Waals surface area contributed by atoms with Gasteiger partial charge < -0.3 is 11.1 Å². The molecule has 1 amide bonds. The van der Waals surface area contributed by atoms with Crippen molar-refractivity contribution in [1.82, 2.24) is 19.9 Å². The van der Waals surface area contributed by atoms with E-state index in [1.54, 1.807) is 10.7 Å². The van der Waals surface area contributed by atoms with Crippen LogP contribution < -0.4 is 11.1 Å². The lowest BCUT2D eigenvalue weighted by atomic mass is 9.99. The van der Waals surface area contributed by atoms with E-state index < -0.39 is 0 Å².